The van der Waals surface area contributed by atoms with Gasteiger partial charge >= 0.3 is 0 Å². The van der Waals surface area contributed by atoms with Gasteiger partial charge in [0.05, 0.1) is 16.5 Å². The molecule has 0 N–H and O–H groups in total. The van der Waals surface area contributed by atoms with E-state index in [4.69, 9.17) is 0 Å². The van der Waals surface area contributed by atoms with Crippen LogP contribution in [0.25, 0.3) is 11.0 Å². The lowest BCUT2D eigenvalue weighted by atomic mass is 10.2. The second-order valence-electron chi connectivity index (χ2n) is 3.99. The van der Waals surface area contributed by atoms with Gasteiger partial charge in [0.25, 0.3) is 0 Å². The topological polar surface area (TPSA) is 30.7 Å². The van der Waals surface area contributed by atoms with Gasteiger partial charge in [-0.05, 0) is 27.6 Å². The highest BCUT2D eigenvalue weighted by atomic mass is 79.9. The molecule has 0 bridgehead atoms. The molecule has 3 aromatic rings. The molecule has 0 atom stereocenters. The van der Waals surface area contributed by atoms with Gasteiger partial charge in [0.15, 0.2) is 0 Å². The summed E-state index contributed by atoms with van der Waals surface area (Å²) in [6.07, 6.45) is 0. The summed E-state index contributed by atoms with van der Waals surface area (Å²) in [5, 5.41) is 8.09. The standard InChI is InChI=1S/C13H9BrFN3/c14-10-6-12-13(7-11(10)15)18(17-16-12)8-9-4-2-1-3-5-9/h1-7H,8H2. The van der Waals surface area contributed by atoms with E-state index in [1.165, 1.54) is 6.07 Å². The molecule has 3 nitrogen and oxygen atoms in total. The number of hydrogen-bond donors (Lipinski definition) is 0. The minimum absolute atomic E-state index is 0.306. The molecule has 1 heterocycles. The zero-order valence-corrected chi connectivity index (χ0v) is 10.9. The lowest BCUT2D eigenvalue weighted by Crippen LogP contribution is -2.01. The maximum atomic E-state index is 13.5. The molecule has 90 valence electrons. The summed E-state index contributed by atoms with van der Waals surface area (Å²) in [6.45, 7) is 0.582. The molecular formula is C13H9BrFN3. The molecule has 0 aliphatic carbocycles. The monoisotopic (exact) mass is 305 g/mol. The Bertz CT molecular complexity index is 694. The van der Waals surface area contributed by atoms with Crippen molar-refractivity contribution in [1.82, 2.24) is 15.0 Å². The van der Waals surface area contributed by atoms with Crippen LogP contribution in [0.3, 0.4) is 0 Å². The van der Waals surface area contributed by atoms with Crippen LogP contribution in [0.4, 0.5) is 4.39 Å². The van der Waals surface area contributed by atoms with Crippen LogP contribution in [-0.4, -0.2) is 15.0 Å². The van der Waals surface area contributed by atoms with E-state index < -0.39 is 0 Å². The van der Waals surface area contributed by atoms with Crippen molar-refractivity contribution in [3.05, 3.63) is 58.3 Å². The van der Waals surface area contributed by atoms with Crippen molar-refractivity contribution in [3.8, 4) is 0 Å². The smallest absolute Gasteiger partial charge is 0.139 e. The Labute approximate surface area is 111 Å². The van der Waals surface area contributed by atoms with Crippen molar-refractivity contribution < 1.29 is 4.39 Å². The first-order chi connectivity index (χ1) is 8.74. The second kappa shape index (κ2) is 4.49. The van der Waals surface area contributed by atoms with Crippen LogP contribution in [0.2, 0.25) is 0 Å². The highest BCUT2D eigenvalue weighted by Gasteiger charge is 2.09. The molecule has 0 aliphatic heterocycles. The Morgan fingerprint density at radius 3 is 2.72 bits per heavy atom. The van der Waals surface area contributed by atoms with E-state index in [9.17, 15) is 4.39 Å². The third-order valence-corrected chi connectivity index (χ3v) is 3.34. The molecule has 0 fully saturated rings. The van der Waals surface area contributed by atoms with E-state index in [0.717, 1.165) is 5.56 Å². The van der Waals surface area contributed by atoms with Gasteiger partial charge < -0.3 is 0 Å². The van der Waals surface area contributed by atoms with Gasteiger partial charge in [-0.2, -0.15) is 0 Å². The second-order valence-corrected chi connectivity index (χ2v) is 4.84. The highest BCUT2D eigenvalue weighted by Crippen LogP contribution is 2.22. The summed E-state index contributed by atoms with van der Waals surface area (Å²) < 4.78 is 15.6. The normalized spacial score (nSPS) is 11.0. The number of rotatable bonds is 2. The van der Waals surface area contributed by atoms with E-state index in [0.29, 0.717) is 22.1 Å². The number of hydrogen-bond acceptors (Lipinski definition) is 2. The summed E-state index contributed by atoms with van der Waals surface area (Å²) in [6, 6.07) is 13.0. The molecule has 1 aromatic heterocycles. The van der Waals surface area contributed by atoms with Gasteiger partial charge in [-0.15, -0.1) is 5.10 Å². The molecule has 0 radical (unpaired) electrons. The van der Waals surface area contributed by atoms with E-state index in [1.807, 2.05) is 30.3 Å². The largest absolute Gasteiger partial charge is 0.240 e. The van der Waals surface area contributed by atoms with Gasteiger partial charge in [-0.1, -0.05) is 35.5 Å². The summed E-state index contributed by atoms with van der Waals surface area (Å²) in [5.41, 5.74) is 2.48. The van der Waals surface area contributed by atoms with E-state index >= 15 is 0 Å². The Balaban J connectivity index is 2.05. The Morgan fingerprint density at radius 1 is 1.17 bits per heavy atom. The average molecular weight is 306 g/mol. The number of aromatic nitrogens is 3. The Morgan fingerprint density at radius 2 is 1.94 bits per heavy atom. The van der Waals surface area contributed by atoms with Crippen LogP contribution < -0.4 is 0 Å². The van der Waals surface area contributed by atoms with Crippen molar-refractivity contribution in [1.29, 1.82) is 0 Å². The highest BCUT2D eigenvalue weighted by molar-refractivity contribution is 9.10. The lowest BCUT2D eigenvalue weighted by Gasteiger charge is -2.02. The number of fused-ring (bicyclic) bond motifs is 1. The molecule has 18 heavy (non-hydrogen) atoms. The summed E-state index contributed by atoms with van der Waals surface area (Å²) in [5.74, 6) is -0.306. The Kier molecular flexibility index (Phi) is 2.83. The molecule has 0 saturated heterocycles. The van der Waals surface area contributed by atoms with Crippen LogP contribution in [0, 0.1) is 5.82 Å². The van der Waals surface area contributed by atoms with Crippen molar-refractivity contribution in [2.75, 3.05) is 0 Å². The first-order valence-corrected chi connectivity index (χ1v) is 6.25. The van der Waals surface area contributed by atoms with Crippen LogP contribution in [0.15, 0.2) is 46.9 Å². The van der Waals surface area contributed by atoms with Gasteiger partial charge in [0, 0.05) is 6.07 Å². The van der Waals surface area contributed by atoms with Gasteiger partial charge in [0.1, 0.15) is 11.3 Å². The number of halogens is 2. The molecule has 2 aromatic carbocycles. The van der Waals surface area contributed by atoms with Crippen LogP contribution in [0.1, 0.15) is 5.56 Å². The van der Waals surface area contributed by atoms with Crippen molar-refractivity contribution in [2.24, 2.45) is 0 Å². The lowest BCUT2D eigenvalue weighted by molar-refractivity contribution is 0.619. The third kappa shape index (κ3) is 2.01. The summed E-state index contributed by atoms with van der Waals surface area (Å²) in [4.78, 5) is 0. The minimum Gasteiger partial charge on any atom is -0.240 e. The van der Waals surface area contributed by atoms with Crippen molar-refractivity contribution >= 4 is 27.0 Å². The number of nitrogens with zero attached hydrogens (tertiary/aromatic N) is 3. The molecule has 0 unspecified atom stereocenters. The molecule has 5 heteroatoms. The predicted octanol–water partition coefficient (Wildman–Crippen LogP) is 3.38. The van der Waals surface area contributed by atoms with E-state index in [2.05, 4.69) is 26.2 Å². The van der Waals surface area contributed by atoms with Gasteiger partial charge in [-0.3, -0.25) is 0 Å². The molecule has 0 aliphatic rings. The fraction of sp³-hybridized carbons (Fsp3) is 0.0769. The third-order valence-electron chi connectivity index (χ3n) is 2.73. The molecule has 0 amide bonds. The van der Waals surface area contributed by atoms with Gasteiger partial charge in [-0.25, -0.2) is 9.07 Å². The molecular weight excluding hydrogens is 297 g/mol. The summed E-state index contributed by atoms with van der Waals surface area (Å²) >= 11 is 3.14. The molecule has 0 saturated carbocycles. The molecule has 3 rings (SSSR count). The maximum Gasteiger partial charge on any atom is 0.139 e. The zero-order chi connectivity index (χ0) is 12.5. The van der Waals surface area contributed by atoms with E-state index in [-0.39, 0.29) is 5.82 Å². The van der Waals surface area contributed by atoms with Gasteiger partial charge in [0.2, 0.25) is 0 Å². The first kappa shape index (κ1) is 11.3. The van der Waals surface area contributed by atoms with E-state index in [1.54, 1.807) is 10.7 Å². The average Bonchev–Trinajstić information content (AvgIpc) is 2.74. The first-order valence-electron chi connectivity index (χ1n) is 5.46. The number of benzene rings is 2. The molecule has 0 spiro atoms. The SMILES string of the molecule is Fc1cc2c(cc1Br)nnn2Cc1ccccc1. The fourth-order valence-electron chi connectivity index (χ4n) is 1.84. The zero-order valence-electron chi connectivity index (χ0n) is 9.35. The van der Waals surface area contributed by atoms with Crippen molar-refractivity contribution in [3.63, 3.8) is 0 Å². The van der Waals surface area contributed by atoms with Crippen LogP contribution in [0.5, 0.6) is 0 Å². The quantitative estimate of drug-likeness (QED) is 0.726. The van der Waals surface area contributed by atoms with Crippen LogP contribution >= 0.6 is 15.9 Å². The minimum atomic E-state index is -0.306. The fourth-order valence-corrected chi connectivity index (χ4v) is 2.17. The Hall–Kier alpha value is -1.75. The summed E-state index contributed by atoms with van der Waals surface area (Å²) in [7, 11) is 0. The van der Waals surface area contributed by atoms with Crippen molar-refractivity contribution in [2.45, 2.75) is 6.54 Å². The van der Waals surface area contributed by atoms with Crippen LogP contribution in [-0.2, 0) is 6.54 Å². The maximum absolute atomic E-state index is 13.5. The predicted molar refractivity (Wildman–Crippen MR) is 70.7 cm³/mol.